The van der Waals surface area contributed by atoms with Crippen molar-refractivity contribution in [3.05, 3.63) is 90.0 Å². The third-order valence-electron chi connectivity index (χ3n) is 11.7. The highest BCUT2D eigenvalue weighted by molar-refractivity contribution is 5.98. The van der Waals surface area contributed by atoms with Crippen molar-refractivity contribution in [2.75, 3.05) is 19.8 Å². The molecule has 5 amide bonds. The molecule has 3 aromatic carbocycles. The smallest absolute Gasteiger partial charge is 0.306 e. The number of amides is 5. The van der Waals surface area contributed by atoms with Crippen molar-refractivity contribution < 1.29 is 58.0 Å². The third-order valence-corrected chi connectivity index (χ3v) is 11.7. The fourth-order valence-electron chi connectivity index (χ4n) is 7.61. The Bertz CT molecular complexity index is 2530. The number of amidine groups is 1. The molecule has 0 spiro atoms. The van der Waals surface area contributed by atoms with E-state index >= 15 is 0 Å². The van der Waals surface area contributed by atoms with E-state index in [4.69, 9.17) is 20.6 Å². The Labute approximate surface area is 427 Å². The molecule has 0 saturated carbocycles. The van der Waals surface area contributed by atoms with Crippen LogP contribution in [-0.2, 0) is 60.9 Å². The molecule has 23 heteroatoms. The van der Waals surface area contributed by atoms with Crippen molar-refractivity contribution in [3.8, 4) is 28.5 Å². The maximum absolute atomic E-state index is 14.0. The van der Waals surface area contributed by atoms with E-state index in [2.05, 4.69) is 47.0 Å². The average molecular weight is 1020 g/mol. The zero-order chi connectivity index (χ0) is 53.2. The first kappa shape index (κ1) is 56.7. The normalized spacial score (nSPS) is 17.6. The van der Waals surface area contributed by atoms with Crippen LogP contribution in [0.5, 0.6) is 5.75 Å². The third kappa shape index (κ3) is 20.1. The van der Waals surface area contributed by atoms with Crippen LogP contribution in [0.25, 0.3) is 22.8 Å². The lowest BCUT2D eigenvalue weighted by Gasteiger charge is -2.26. The first-order valence-corrected chi connectivity index (χ1v) is 24.4. The number of unbranched alkanes of at least 4 members (excludes halogenated alkanes) is 2. The number of ether oxygens (including phenoxy) is 2. The van der Waals surface area contributed by atoms with Gasteiger partial charge in [0.2, 0.25) is 41.2 Å². The predicted octanol–water partition coefficient (Wildman–Crippen LogP) is 2.34. The van der Waals surface area contributed by atoms with Crippen LogP contribution >= 0.6 is 0 Å². The monoisotopic (exact) mass is 1020 g/mol. The molecule has 74 heavy (non-hydrogen) atoms. The standard InChI is InChI=1S/C51H63N11O12/c52-42(53)13-5-4-11-37-41(64)23-24-44(66)55-40(30-45(67)68)51(72)58-39(29-32-17-21-36(63)22-18-32)50(71)57-38(49(70)56-37)12-6-7-26-54-43(65)25-28-73-27-8-14-46(69)74-31-33-15-19-35(20-16-33)48-61-59-47(60-62-48)34-9-2-1-3-10-34/h1-3,9-10,15-22,37-40,63H,4-8,11-14,23-31H2,(H3,52,53)(H,54,65)(H,55,66)(H,56,70)(H,57,71)(H,58,72)(H,67,68)/t37-,38-,39+,40-/m0/s1. The van der Waals surface area contributed by atoms with Gasteiger partial charge in [0.15, 0.2) is 5.78 Å². The van der Waals surface area contributed by atoms with Gasteiger partial charge < -0.3 is 52.0 Å². The average Bonchev–Trinajstić information content (AvgIpc) is 3.38. The fourth-order valence-corrected chi connectivity index (χ4v) is 7.61. The highest BCUT2D eigenvalue weighted by atomic mass is 16.5. The molecule has 1 saturated heterocycles. The molecule has 394 valence electrons. The highest BCUT2D eigenvalue weighted by Gasteiger charge is 2.33. The van der Waals surface area contributed by atoms with Crippen molar-refractivity contribution in [3.63, 3.8) is 0 Å². The van der Waals surface area contributed by atoms with Crippen LogP contribution in [0.3, 0.4) is 0 Å². The quantitative estimate of drug-likeness (QED) is 0.0199. The number of nitrogens with two attached hydrogens (primary N) is 1. The maximum atomic E-state index is 14.0. The number of hydrogen-bond acceptors (Lipinski definition) is 16. The number of nitrogens with zero attached hydrogens (tertiary/aromatic N) is 4. The van der Waals surface area contributed by atoms with E-state index < -0.39 is 78.4 Å². The molecule has 0 bridgehead atoms. The van der Waals surface area contributed by atoms with Gasteiger partial charge in [-0.25, -0.2) is 0 Å². The Morgan fingerprint density at radius 3 is 1.92 bits per heavy atom. The van der Waals surface area contributed by atoms with Crippen LogP contribution in [0.2, 0.25) is 0 Å². The van der Waals surface area contributed by atoms with Crippen LogP contribution in [0, 0.1) is 5.41 Å². The summed E-state index contributed by atoms with van der Waals surface area (Å²) < 4.78 is 11.0. The molecule has 0 aliphatic carbocycles. The number of carboxylic acids is 1. The molecule has 1 aliphatic heterocycles. The van der Waals surface area contributed by atoms with Crippen molar-refractivity contribution in [1.29, 1.82) is 5.41 Å². The van der Waals surface area contributed by atoms with Crippen molar-refractivity contribution in [2.45, 2.75) is 121 Å². The lowest BCUT2D eigenvalue weighted by Crippen LogP contribution is -2.58. The predicted molar refractivity (Wildman–Crippen MR) is 266 cm³/mol. The molecule has 1 aliphatic rings. The van der Waals surface area contributed by atoms with Crippen molar-refractivity contribution >= 4 is 53.1 Å². The van der Waals surface area contributed by atoms with Gasteiger partial charge in [0.05, 0.1) is 24.9 Å². The Kier molecular flexibility index (Phi) is 23.0. The Balaban J connectivity index is 1.07. The summed E-state index contributed by atoms with van der Waals surface area (Å²) >= 11 is 0. The van der Waals surface area contributed by atoms with Crippen LogP contribution in [0.15, 0.2) is 78.9 Å². The Morgan fingerprint density at radius 2 is 1.24 bits per heavy atom. The maximum Gasteiger partial charge on any atom is 0.306 e. The lowest BCUT2D eigenvalue weighted by atomic mass is 9.99. The second-order valence-electron chi connectivity index (χ2n) is 17.6. The molecular formula is C51H63N11O12. The summed E-state index contributed by atoms with van der Waals surface area (Å²) in [7, 11) is 0. The van der Waals surface area contributed by atoms with Gasteiger partial charge in [-0.1, -0.05) is 73.2 Å². The van der Waals surface area contributed by atoms with E-state index in [1.807, 2.05) is 30.3 Å². The van der Waals surface area contributed by atoms with Crippen LogP contribution in [0.4, 0.5) is 0 Å². The molecule has 1 aromatic heterocycles. The van der Waals surface area contributed by atoms with Gasteiger partial charge in [-0.2, -0.15) is 0 Å². The number of ketones is 1. The molecule has 1 fully saturated rings. The summed E-state index contributed by atoms with van der Waals surface area (Å²) in [5.41, 5.74) is 8.26. The summed E-state index contributed by atoms with van der Waals surface area (Å²) in [5, 5.41) is 56.6. The van der Waals surface area contributed by atoms with Gasteiger partial charge in [-0.3, -0.25) is 43.8 Å². The number of hydrogen-bond donors (Lipinski definition) is 9. The number of aromatic nitrogens is 4. The second kappa shape index (κ2) is 30.0. The van der Waals surface area contributed by atoms with Gasteiger partial charge in [0, 0.05) is 62.8 Å². The topological polar surface area (TPSA) is 357 Å². The number of carbonyl (C=O) groups excluding carboxylic acids is 7. The zero-order valence-corrected chi connectivity index (χ0v) is 40.9. The van der Waals surface area contributed by atoms with Gasteiger partial charge in [-0.05, 0) is 61.8 Å². The molecule has 4 aromatic rings. The number of carbonyl (C=O) groups is 8. The Morgan fingerprint density at radius 1 is 0.649 bits per heavy atom. The number of carboxylic acid groups (broad SMARTS) is 1. The first-order chi connectivity index (χ1) is 35.6. The summed E-state index contributed by atoms with van der Waals surface area (Å²) in [6.45, 7) is 0.603. The number of esters is 1. The zero-order valence-electron chi connectivity index (χ0n) is 40.9. The first-order valence-electron chi connectivity index (χ1n) is 24.4. The minimum absolute atomic E-state index is 0.0359. The lowest BCUT2D eigenvalue weighted by molar-refractivity contribution is -0.145. The van der Waals surface area contributed by atoms with Crippen LogP contribution in [-0.4, -0.2) is 128 Å². The summed E-state index contributed by atoms with van der Waals surface area (Å²) in [5.74, 6) is -5.29. The van der Waals surface area contributed by atoms with E-state index in [1.54, 1.807) is 24.3 Å². The van der Waals surface area contributed by atoms with E-state index in [0.29, 0.717) is 54.9 Å². The number of benzene rings is 3. The molecule has 10 N–H and O–H groups in total. The summed E-state index contributed by atoms with van der Waals surface area (Å²) in [6, 6.07) is 17.0. The van der Waals surface area contributed by atoms with Gasteiger partial charge in [0.1, 0.15) is 30.5 Å². The molecule has 0 unspecified atom stereocenters. The van der Waals surface area contributed by atoms with Crippen molar-refractivity contribution in [2.24, 2.45) is 5.73 Å². The van der Waals surface area contributed by atoms with Gasteiger partial charge in [0.25, 0.3) is 0 Å². The number of aliphatic carboxylic acids is 1. The highest BCUT2D eigenvalue weighted by Crippen LogP contribution is 2.18. The van der Waals surface area contributed by atoms with Crippen LogP contribution < -0.4 is 32.3 Å². The number of aromatic hydroxyl groups is 1. The van der Waals surface area contributed by atoms with E-state index in [-0.39, 0.29) is 88.8 Å². The molecule has 2 heterocycles. The number of Topliss-reactive ketones (excluding diaryl/α,β-unsaturated/α-hetero) is 1. The number of nitrogens with one attached hydrogen (secondary N) is 6. The second-order valence-corrected chi connectivity index (χ2v) is 17.6. The molecule has 23 nitrogen and oxygen atoms in total. The Hall–Kier alpha value is -8.21. The summed E-state index contributed by atoms with van der Waals surface area (Å²) in [4.78, 5) is 105. The van der Waals surface area contributed by atoms with Crippen LogP contribution in [0.1, 0.15) is 94.6 Å². The fraction of sp³-hybridized carbons (Fsp3) is 0.431. The number of phenols is 1. The van der Waals surface area contributed by atoms with Gasteiger partial charge in [-0.15, -0.1) is 20.4 Å². The number of phenolic OH excluding ortho intramolecular Hbond substituents is 1. The SMILES string of the molecule is N=C(N)CCCC[C@@H]1NC(=O)[C@H](CCCCNC(=O)CCOCCCC(=O)OCc2ccc(-c3nnc(-c4ccccc4)nn3)cc2)NC(=O)[C@@H](Cc2ccc(O)cc2)NC(=O)[C@H](CC(=O)O)NC(=O)CCC1=O. The largest absolute Gasteiger partial charge is 0.508 e. The van der Waals surface area contributed by atoms with Crippen molar-refractivity contribution in [1.82, 2.24) is 47.0 Å². The summed E-state index contributed by atoms with van der Waals surface area (Å²) in [6.07, 6.45) is 0.676. The number of rotatable bonds is 25. The molecular weight excluding hydrogens is 959 g/mol. The van der Waals surface area contributed by atoms with Gasteiger partial charge >= 0.3 is 11.9 Å². The minimum atomic E-state index is -1.61. The van der Waals surface area contributed by atoms with E-state index in [0.717, 1.165) is 11.1 Å². The van der Waals surface area contributed by atoms with E-state index in [1.165, 1.54) is 24.3 Å². The molecule has 4 atom stereocenters. The minimum Gasteiger partial charge on any atom is -0.508 e. The van der Waals surface area contributed by atoms with E-state index in [9.17, 15) is 48.6 Å². The molecule has 5 rings (SSSR count). The molecule has 0 radical (unpaired) electrons.